The summed E-state index contributed by atoms with van der Waals surface area (Å²) >= 11 is 7.91. The summed E-state index contributed by atoms with van der Waals surface area (Å²) in [5.74, 6) is 0.215. The molecule has 0 saturated carbocycles. The molecule has 0 radical (unpaired) electrons. The number of amidine groups is 1. The fraction of sp³-hybridized carbons (Fsp3) is 0.217. The maximum absolute atomic E-state index is 12.8. The van der Waals surface area contributed by atoms with Crippen molar-refractivity contribution in [3.05, 3.63) is 64.6 Å². The van der Waals surface area contributed by atoms with Crippen LogP contribution in [0.25, 0.3) is 6.08 Å². The molecule has 2 N–H and O–H groups in total. The first-order valence-corrected chi connectivity index (χ1v) is 14.3. The number of carbonyl (C=O) groups is 2. The van der Waals surface area contributed by atoms with Crippen LogP contribution in [0.1, 0.15) is 17.5 Å². The standard InChI is InChI=1S/C23H22N4O4S4/c1-15-2-4-16(5-3-15)14-19-21(29)27(23(32)34-19)12-10-20(28)25-17-6-8-18(9-7-17)35(30,31)26-22-24-11-13-33-22/h2-9,14H,10-13H2,1H3,(H,24,26)(H,25,28). The van der Waals surface area contributed by atoms with E-state index in [0.29, 0.717) is 26.6 Å². The SMILES string of the molecule is Cc1ccc(C=C2SC(=S)N(CCC(=O)Nc3ccc(S(=O)(=O)NC4=NCCS4)cc3)C2=O)cc1. The van der Waals surface area contributed by atoms with Crippen molar-refractivity contribution in [2.75, 3.05) is 24.2 Å². The fourth-order valence-corrected chi connectivity index (χ4v) is 6.57. The lowest BCUT2D eigenvalue weighted by molar-refractivity contribution is -0.122. The van der Waals surface area contributed by atoms with Gasteiger partial charge < -0.3 is 5.32 Å². The van der Waals surface area contributed by atoms with Crippen molar-refractivity contribution < 1.29 is 18.0 Å². The van der Waals surface area contributed by atoms with Gasteiger partial charge in [0.15, 0.2) is 5.17 Å². The van der Waals surface area contributed by atoms with Gasteiger partial charge in [0.25, 0.3) is 15.9 Å². The second-order valence-electron chi connectivity index (χ2n) is 7.71. The van der Waals surface area contributed by atoms with Crippen LogP contribution >= 0.6 is 35.7 Å². The Bertz CT molecular complexity index is 1320. The van der Waals surface area contributed by atoms with Gasteiger partial charge in [0, 0.05) is 24.4 Å². The molecule has 1 saturated heterocycles. The first-order chi connectivity index (χ1) is 16.7. The van der Waals surface area contributed by atoms with Gasteiger partial charge in [0.05, 0.1) is 16.3 Å². The van der Waals surface area contributed by atoms with E-state index in [-0.39, 0.29) is 29.7 Å². The summed E-state index contributed by atoms with van der Waals surface area (Å²) in [6, 6.07) is 13.7. The predicted octanol–water partition coefficient (Wildman–Crippen LogP) is 3.61. The zero-order chi connectivity index (χ0) is 25.0. The molecule has 8 nitrogen and oxygen atoms in total. The summed E-state index contributed by atoms with van der Waals surface area (Å²) in [5, 5.41) is 3.10. The quantitative estimate of drug-likeness (QED) is 0.404. The van der Waals surface area contributed by atoms with Gasteiger partial charge in [-0.3, -0.25) is 24.2 Å². The van der Waals surface area contributed by atoms with E-state index in [1.54, 1.807) is 6.08 Å². The van der Waals surface area contributed by atoms with Crippen molar-refractivity contribution in [3.8, 4) is 0 Å². The van der Waals surface area contributed by atoms with E-state index in [4.69, 9.17) is 12.2 Å². The van der Waals surface area contributed by atoms with Gasteiger partial charge in [-0.05, 0) is 42.8 Å². The first kappa shape index (κ1) is 25.4. The number of aliphatic imine (C=N–C) groups is 1. The van der Waals surface area contributed by atoms with E-state index < -0.39 is 10.0 Å². The minimum atomic E-state index is -3.73. The van der Waals surface area contributed by atoms with Crippen LogP contribution < -0.4 is 10.0 Å². The third kappa shape index (κ3) is 6.51. The van der Waals surface area contributed by atoms with Crippen LogP contribution in [-0.4, -0.2) is 53.5 Å². The summed E-state index contributed by atoms with van der Waals surface area (Å²) in [7, 11) is -3.73. The number of nitrogens with one attached hydrogen (secondary N) is 2. The van der Waals surface area contributed by atoms with Gasteiger partial charge in [0.1, 0.15) is 4.32 Å². The molecule has 2 amide bonds. The Morgan fingerprint density at radius 3 is 2.54 bits per heavy atom. The smallest absolute Gasteiger partial charge is 0.266 e. The lowest BCUT2D eigenvalue weighted by Gasteiger charge is -2.14. The van der Waals surface area contributed by atoms with Crippen LogP contribution in [0, 0.1) is 6.92 Å². The highest BCUT2D eigenvalue weighted by Crippen LogP contribution is 2.32. The zero-order valence-electron chi connectivity index (χ0n) is 18.7. The molecule has 2 aromatic carbocycles. The molecule has 12 heteroatoms. The number of thioether (sulfide) groups is 2. The Labute approximate surface area is 217 Å². The topological polar surface area (TPSA) is 108 Å². The number of aryl methyl sites for hydroxylation is 1. The highest BCUT2D eigenvalue weighted by atomic mass is 32.2. The van der Waals surface area contributed by atoms with E-state index in [2.05, 4.69) is 15.0 Å². The number of hydrogen-bond donors (Lipinski definition) is 2. The van der Waals surface area contributed by atoms with Crippen LogP contribution in [0.5, 0.6) is 0 Å². The maximum atomic E-state index is 12.8. The van der Waals surface area contributed by atoms with E-state index in [0.717, 1.165) is 16.9 Å². The number of hydrogen-bond acceptors (Lipinski definition) is 8. The molecule has 0 atom stereocenters. The summed E-state index contributed by atoms with van der Waals surface area (Å²) in [6.45, 7) is 2.73. The number of nitrogens with zero attached hydrogens (tertiary/aromatic N) is 2. The second-order valence-corrected chi connectivity index (χ2v) is 12.1. The van der Waals surface area contributed by atoms with Gasteiger partial charge in [-0.15, -0.1) is 0 Å². The molecule has 0 aromatic heterocycles. The van der Waals surface area contributed by atoms with Crippen molar-refractivity contribution in [1.82, 2.24) is 9.62 Å². The summed E-state index contributed by atoms with van der Waals surface area (Å²) in [4.78, 5) is 31.3. The van der Waals surface area contributed by atoms with Crippen LogP contribution in [0.15, 0.2) is 63.3 Å². The Kier molecular flexibility index (Phi) is 7.95. The number of anilines is 1. The van der Waals surface area contributed by atoms with Crippen molar-refractivity contribution in [1.29, 1.82) is 0 Å². The number of amides is 2. The van der Waals surface area contributed by atoms with Gasteiger partial charge in [-0.1, -0.05) is 65.6 Å². The Morgan fingerprint density at radius 1 is 1.17 bits per heavy atom. The van der Waals surface area contributed by atoms with Crippen molar-refractivity contribution in [2.45, 2.75) is 18.2 Å². The molecule has 2 aromatic rings. The normalized spacial score (nSPS) is 17.1. The monoisotopic (exact) mass is 546 g/mol. The fourth-order valence-electron chi connectivity index (χ4n) is 3.23. The van der Waals surface area contributed by atoms with Crippen LogP contribution in [0.3, 0.4) is 0 Å². The molecule has 2 aliphatic heterocycles. The molecule has 0 bridgehead atoms. The molecule has 2 heterocycles. The minimum Gasteiger partial charge on any atom is -0.326 e. The molecule has 0 aliphatic carbocycles. The third-order valence-electron chi connectivity index (χ3n) is 5.07. The third-order valence-corrected chi connectivity index (χ3v) is 8.82. The van der Waals surface area contributed by atoms with Crippen molar-refractivity contribution in [3.63, 3.8) is 0 Å². The van der Waals surface area contributed by atoms with Gasteiger partial charge >= 0.3 is 0 Å². The number of thiocarbonyl (C=S) groups is 1. The lowest BCUT2D eigenvalue weighted by atomic mass is 10.1. The molecule has 0 spiro atoms. The molecule has 182 valence electrons. The van der Waals surface area contributed by atoms with E-state index in [1.165, 1.54) is 52.7 Å². The molecular formula is C23H22N4O4S4. The second kappa shape index (κ2) is 10.9. The number of carbonyl (C=O) groups excluding carboxylic acids is 2. The summed E-state index contributed by atoms with van der Waals surface area (Å²) in [6.07, 6.45) is 1.84. The predicted molar refractivity (Wildman–Crippen MR) is 146 cm³/mol. The average molecular weight is 547 g/mol. The van der Waals surface area contributed by atoms with E-state index >= 15 is 0 Å². The zero-order valence-corrected chi connectivity index (χ0v) is 22.0. The van der Waals surface area contributed by atoms with E-state index in [9.17, 15) is 18.0 Å². The number of sulfonamides is 1. The lowest BCUT2D eigenvalue weighted by Crippen LogP contribution is -2.31. The Hall–Kier alpha value is -2.67. The first-order valence-electron chi connectivity index (χ1n) is 10.6. The van der Waals surface area contributed by atoms with Crippen molar-refractivity contribution in [2.24, 2.45) is 4.99 Å². The van der Waals surface area contributed by atoms with Gasteiger partial charge in [0.2, 0.25) is 5.91 Å². The Morgan fingerprint density at radius 2 is 1.89 bits per heavy atom. The highest BCUT2D eigenvalue weighted by Gasteiger charge is 2.32. The summed E-state index contributed by atoms with van der Waals surface area (Å²) < 4.78 is 27.7. The average Bonchev–Trinajstić information content (AvgIpc) is 3.41. The van der Waals surface area contributed by atoms with Crippen molar-refractivity contribution >= 4 is 78.8 Å². The summed E-state index contributed by atoms with van der Waals surface area (Å²) in [5.41, 5.74) is 2.49. The molecule has 4 rings (SSSR count). The van der Waals surface area contributed by atoms with Crippen LogP contribution in [0.4, 0.5) is 5.69 Å². The highest BCUT2D eigenvalue weighted by molar-refractivity contribution is 8.26. The molecule has 1 fully saturated rings. The molecule has 35 heavy (non-hydrogen) atoms. The molecular weight excluding hydrogens is 525 g/mol. The van der Waals surface area contributed by atoms with Crippen LogP contribution in [-0.2, 0) is 19.6 Å². The van der Waals surface area contributed by atoms with E-state index in [1.807, 2.05) is 31.2 Å². The molecule has 0 unspecified atom stereocenters. The maximum Gasteiger partial charge on any atom is 0.266 e. The van der Waals surface area contributed by atoms with Crippen LogP contribution in [0.2, 0.25) is 0 Å². The van der Waals surface area contributed by atoms with Gasteiger partial charge in [-0.2, -0.15) is 0 Å². The number of benzene rings is 2. The minimum absolute atomic E-state index is 0.0445. The number of rotatable bonds is 7. The van der Waals surface area contributed by atoms with Gasteiger partial charge in [-0.25, -0.2) is 8.42 Å². The Balaban J connectivity index is 1.31. The molecule has 2 aliphatic rings. The largest absolute Gasteiger partial charge is 0.326 e.